The van der Waals surface area contributed by atoms with Gasteiger partial charge in [0.15, 0.2) is 5.78 Å². The summed E-state index contributed by atoms with van der Waals surface area (Å²) in [5, 5.41) is 3.76. The molecular weight excluding hydrogens is 498 g/mol. The number of thiophene rings is 1. The Balaban J connectivity index is 1.42. The molecule has 2 aromatic carbocycles. The highest BCUT2D eigenvalue weighted by molar-refractivity contribution is 7.21. The average molecular weight is 530 g/mol. The number of carbonyl (C=O) groups is 3. The Labute approximate surface area is 224 Å². The van der Waals surface area contributed by atoms with Crippen molar-refractivity contribution in [1.82, 2.24) is 10.2 Å². The Bertz CT molecular complexity index is 1510. The summed E-state index contributed by atoms with van der Waals surface area (Å²) in [6.45, 7) is 4.59. The Morgan fingerprint density at radius 1 is 1.18 bits per heavy atom. The molecule has 2 fully saturated rings. The zero-order valence-corrected chi connectivity index (χ0v) is 21.9. The number of nitrogens with one attached hydrogen (secondary N) is 1. The highest BCUT2D eigenvalue weighted by atomic mass is 32.1. The lowest BCUT2D eigenvalue weighted by atomic mass is 9.70. The van der Waals surface area contributed by atoms with Gasteiger partial charge in [0.25, 0.3) is 5.91 Å². The molecule has 196 valence electrons. The molecule has 2 amide bonds. The summed E-state index contributed by atoms with van der Waals surface area (Å²) in [6.07, 6.45) is 5.07. The summed E-state index contributed by atoms with van der Waals surface area (Å²) < 4.78 is 0.700. The van der Waals surface area contributed by atoms with Crippen molar-refractivity contribution in [3.63, 3.8) is 0 Å². The highest BCUT2D eigenvalue weighted by Crippen LogP contribution is 2.50. The van der Waals surface area contributed by atoms with Crippen molar-refractivity contribution in [2.75, 3.05) is 18.8 Å². The third kappa shape index (κ3) is 3.76. The molecule has 2 aliphatic carbocycles. The first-order valence-corrected chi connectivity index (χ1v) is 13.8. The fourth-order valence-corrected chi connectivity index (χ4v) is 7.18. The maximum absolute atomic E-state index is 14.0. The van der Waals surface area contributed by atoms with Crippen LogP contribution >= 0.6 is 11.3 Å². The van der Waals surface area contributed by atoms with Crippen LogP contribution < -0.4 is 22.5 Å². The molecule has 1 saturated carbocycles. The zero-order valence-electron chi connectivity index (χ0n) is 21.0. The lowest BCUT2D eigenvalue weighted by molar-refractivity contribution is -0.127. The normalized spacial score (nSPS) is 24.9. The first-order chi connectivity index (χ1) is 18.2. The predicted molar refractivity (Wildman–Crippen MR) is 149 cm³/mol. The molecule has 9 heteroatoms. The molecule has 6 rings (SSSR count). The van der Waals surface area contributed by atoms with Gasteiger partial charge in [-0.3, -0.25) is 14.4 Å². The molecule has 2 heterocycles. The summed E-state index contributed by atoms with van der Waals surface area (Å²) in [4.78, 5) is 41.7. The fourth-order valence-electron chi connectivity index (χ4n) is 5.98. The maximum Gasteiger partial charge on any atom is 0.262 e. The smallest absolute Gasteiger partial charge is 0.262 e. The summed E-state index contributed by atoms with van der Waals surface area (Å²) in [7, 11) is 0. The molecule has 1 aliphatic heterocycles. The van der Waals surface area contributed by atoms with E-state index >= 15 is 0 Å². The number of nitrogens with zero attached hydrogens (tertiary/aromatic N) is 1. The quantitative estimate of drug-likeness (QED) is 0.295. The third-order valence-electron chi connectivity index (χ3n) is 8.15. The van der Waals surface area contributed by atoms with Gasteiger partial charge in [-0.05, 0) is 60.4 Å². The number of benzene rings is 2. The molecule has 38 heavy (non-hydrogen) atoms. The van der Waals surface area contributed by atoms with E-state index in [0.717, 1.165) is 25.7 Å². The van der Waals surface area contributed by atoms with E-state index in [1.165, 1.54) is 23.0 Å². The van der Waals surface area contributed by atoms with Gasteiger partial charge in [0.2, 0.25) is 5.91 Å². The van der Waals surface area contributed by atoms with Crippen LogP contribution in [-0.2, 0) is 15.1 Å². The largest absolute Gasteiger partial charge is 0.398 e. The van der Waals surface area contributed by atoms with Gasteiger partial charge in [-0.2, -0.15) is 0 Å². The summed E-state index contributed by atoms with van der Waals surface area (Å²) in [5.74, 6) is -0.331. The first kappa shape index (κ1) is 24.8. The van der Waals surface area contributed by atoms with Crippen LogP contribution in [0.2, 0.25) is 0 Å². The molecule has 8 nitrogen and oxygen atoms in total. The van der Waals surface area contributed by atoms with Crippen LogP contribution in [0.25, 0.3) is 10.1 Å². The SMILES string of the molecule is C=CC(=O)N1CCCC(NC(=O)c2sc3c(N)ccc4c3c2C(N)C(=O)C4(N)c2cccc(C3CC3)c2)C1. The lowest BCUT2D eigenvalue weighted by Gasteiger charge is -2.37. The second-order valence-electron chi connectivity index (χ2n) is 10.6. The van der Waals surface area contributed by atoms with E-state index in [2.05, 4.69) is 18.0 Å². The Morgan fingerprint density at radius 3 is 2.71 bits per heavy atom. The molecule has 3 aromatic rings. The molecule has 3 atom stereocenters. The van der Waals surface area contributed by atoms with Gasteiger partial charge in [0.1, 0.15) is 5.54 Å². The van der Waals surface area contributed by atoms with E-state index < -0.39 is 11.6 Å². The number of hydrogen-bond donors (Lipinski definition) is 4. The van der Waals surface area contributed by atoms with E-state index in [9.17, 15) is 14.4 Å². The van der Waals surface area contributed by atoms with Crippen LogP contribution in [0, 0.1) is 0 Å². The van der Waals surface area contributed by atoms with Gasteiger partial charge in [0, 0.05) is 35.8 Å². The first-order valence-electron chi connectivity index (χ1n) is 13.0. The number of piperidine rings is 1. The van der Waals surface area contributed by atoms with Gasteiger partial charge in [-0.25, -0.2) is 0 Å². The van der Waals surface area contributed by atoms with Crippen LogP contribution in [-0.4, -0.2) is 41.6 Å². The van der Waals surface area contributed by atoms with Crippen LogP contribution in [0.5, 0.6) is 0 Å². The van der Waals surface area contributed by atoms with Crippen LogP contribution in [0.15, 0.2) is 49.1 Å². The van der Waals surface area contributed by atoms with Crippen LogP contribution in [0.4, 0.5) is 5.69 Å². The van der Waals surface area contributed by atoms with Crippen molar-refractivity contribution in [2.24, 2.45) is 11.5 Å². The summed E-state index contributed by atoms with van der Waals surface area (Å²) in [5.41, 5.74) is 22.0. The van der Waals surface area contributed by atoms with E-state index in [1.54, 1.807) is 17.0 Å². The van der Waals surface area contributed by atoms with Crippen molar-refractivity contribution >= 4 is 44.7 Å². The number of carbonyl (C=O) groups excluding carboxylic acids is 3. The average Bonchev–Trinajstić information content (AvgIpc) is 3.70. The van der Waals surface area contributed by atoms with E-state index in [1.807, 2.05) is 18.2 Å². The van der Waals surface area contributed by atoms with E-state index in [-0.39, 0.29) is 23.6 Å². The Morgan fingerprint density at radius 2 is 1.97 bits per heavy atom. The number of rotatable bonds is 5. The topological polar surface area (TPSA) is 145 Å². The van der Waals surface area contributed by atoms with Gasteiger partial charge < -0.3 is 27.4 Å². The molecule has 0 bridgehead atoms. The summed E-state index contributed by atoms with van der Waals surface area (Å²) in [6, 6.07) is 10.2. The minimum absolute atomic E-state index is 0.157. The number of hydrogen-bond acceptors (Lipinski definition) is 7. The van der Waals surface area contributed by atoms with Crippen molar-refractivity contribution in [2.45, 2.75) is 49.2 Å². The third-order valence-corrected chi connectivity index (χ3v) is 9.41. The second-order valence-corrected chi connectivity index (χ2v) is 11.6. The number of Topliss-reactive ketones (excluding diaryl/α,β-unsaturated/α-hetero) is 1. The molecule has 1 saturated heterocycles. The maximum atomic E-state index is 14.0. The fraction of sp³-hybridized carbons (Fsp3) is 0.345. The van der Waals surface area contributed by atoms with Gasteiger partial charge in [-0.1, -0.05) is 36.9 Å². The van der Waals surface area contributed by atoms with Crippen molar-refractivity contribution in [1.29, 1.82) is 0 Å². The zero-order chi connectivity index (χ0) is 26.8. The van der Waals surface area contributed by atoms with E-state index in [0.29, 0.717) is 56.3 Å². The molecule has 3 aliphatic rings. The van der Waals surface area contributed by atoms with Gasteiger partial charge >= 0.3 is 0 Å². The molecule has 1 aromatic heterocycles. The lowest BCUT2D eigenvalue weighted by Crippen LogP contribution is -2.53. The van der Waals surface area contributed by atoms with Crippen molar-refractivity contribution < 1.29 is 14.4 Å². The van der Waals surface area contributed by atoms with E-state index in [4.69, 9.17) is 17.2 Å². The highest BCUT2D eigenvalue weighted by Gasteiger charge is 2.49. The predicted octanol–water partition coefficient (Wildman–Crippen LogP) is 3.05. The Kier molecular flexibility index (Phi) is 5.90. The number of ketones is 1. The van der Waals surface area contributed by atoms with Crippen molar-refractivity contribution in [3.05, 3.63) is 76.2 Å². The molecule has 0 spiro atoms. The van der Waals surface area contributed by atoms with Gasteiger partial charge in [0.05, 0.1) is 15.6 Å². The Hall–Kier alpha value is -3.53. The minimum Gasteiger partial charge on any atom is -0.398 e. The second kappa shape index (κ2) is 9.04. The van der Waals surface area contributed by atoms with Crippen LogP contribution in [0.1, 0.15) is 69.6 Å². The number of nitrogen functional groups attached to an aromatic ring is 1. The molecule has 3 unspecified atom stereocenters. The number of amides is 2. The van der Waals surface area contributed by atoms with Gasteiger partial charge in [-0.15, -0.1) is 11.3 Å². The molecule has 0 radical (unpaired) electrons. The molecular formula is C29H31N5O3S. The summed E-state index contributed by atoms with van der Waals surface area (Å²) >= 11 is 1.24. The number of likely N-dealkylation sites (tertiary alicyclic amines) is 1. The standard InChI is InChI=1S/C29H31N5O3S/c1-2-21(35)34-12-4-7-18(14-34)33-28(37)26-23-22-19(10-11-20(30)25(22)38-26)29(32,27(36)24(23)31)17-6-3-5-16(13-17)15-8-9-15/h2-3,5-6,10-11,13,15,18,24H,1,4,7-9,12,14,30-32H2,(H,33,37). The minimum atomic E-state index is -1.45. The monoisotopic (exact) mass is 529 g/mol. The number of nitrogens with two attached hydrogens (primary N) is 3. The number of anilines is 1. The molecule has 7 N–H and O–H groups in total. The van der Waals surface area contributed by atoms with Crippen molar-refractivity contribution in [3.8, 4) is 0 Å². The van der Waals surface area contributed by atoms with Crippen LogP contribution in [0.3, 0.4) is 0 Å².